The van der Waals surface area contributed by atoms with Crippen LogP contribution in [0.3, 0.4) is 0 Å². The van der Waals surface area contributed by atoms with Crippen LogP contribution >= 0.6 is 11.3 Å². The fourth-order valence-corrected chi connectivity index (χ4v) is 4.23. The summed E-state index contributed by atoms with van der Waals surface area (Å²) in [5.74, 6) is -1.27. The van der Waals surface area contributed by atoms with Gasteiger partial charge in [0.25, 0.3) is 11.8 Å². The molecule has 1 unspecified atom stereocenters. The number of imide groups is 1. The lowest BCUT2D eigenvalue weighted by Gasteiger charge is -2.33. The summed E-state index contributed by atoms with van der Waals surface area (Å²) in [4.78, 5) is 50.2. The Morgan fingerprint density at radius 3 is 2.86 bits per heavy atom. The molecule has 28 heavy (non-hydrogen) atoms. The van der Waals surface area contributed by atoms with E-state index < -0.39 is 35.8 Å². The van der Waals surface area contributed by atoms with E-state index in [2.05, 4.69) is 10.6 Å². The molecular weight excluding hydrogens is 384 g/mol. The molecule has 10 heteroatoms. The van der Waals surface area contributed by atoms with Crippen molar-refractivity contribution in [3.8, 4) is 5.75 Å². The van der Waals surface area contributed by atoms with Gasteiger partial charge in [-0.15, -0.1) is 11.3 Å². The molecule has 1 fully saturated rings. The smallest absolute Gasteiger partial charge is 0.325 e. The SMILES string of the molecule is NC(=O)c1ccsc1NC(=O)CN1C(=O)NC2(CCOc3ccccc32)C1=O. The van der Waals surface area contributed by atoms with Crippen LogP contribution in [0.15, 0.2) is 35.7 Å². The maximum absolute atomic E-state index is 13.1. The van der Waals surface area contributed by atoms with Crippen LogP contribution in [0.2, 0.25) is 0 Å². The van der Waals surface area contributed by atoms with E-state index in [-0.39, 0.29) is 23.6 Å². The summed E-state index contributed by atoms with van der Waals surface area (Å²) in [6.07, 6.45) is 0.267. The van der Waals surface area contributed by atoms with Crippen molar-refractivity contribution in [1.82, 2.24) is 10.2 Å². The number of hydrogen-bond acceptors (Lipinski definition) is 6. The Kier molecular flexibility index (Phi) is 4.27. The van der Waals surface area contributed by atoms with E-state index in [1.807, 2.05) is 0 Å². The van der Waals surface area contributed by atoms with Crippen molar-refractivity contribution in [2.24, 2.45) is 5.73 Å². The van der Waals surface area contributed by atoms with Gasteiger partial charge in [0.2, 0.25) is 5.91 Å². The Morgan fingerprint density at radius 2 is 2.07 bits per heavy atom. The third-order valence-corrected chi connectivity index (χ3v) is 5.57. The van der Waals surface area contributed by atoms with Crippen molar-refractivity contribution in [1.29, 1.82) is 0 Å². The van der Waals surface area contributed by atoms with Crippen LogP contribution < -0.4 is 21.1 Å². The number of ether oxygens (including phenoxy) is 1. The molecule has 3 heterocycles. The van der Waals surface area contributed by atoms with E-state index in [1.54, 1.807) is 29.6 Å². The first-order valence-corrected chi connectivity index (χ1v) is 9.34. The summed E-state index contributed by atoms with van der Waals surface area (Å²) < 4.78 is 5.57. The van der Waals surface area contributed by atoms with Gasteiger partial charge >= 0.3 is 6.03 Å². The first-order valence-electron chi connectivity index (χ1n) is 8.46. The highest BCUT2D eigenvalue weighted by Crippen LogP contribution is 2.40. The number of carbonyl (C=O) groups is 4. The molecule has 9 nitrogen and oxygen atoms in total. The van der Waals surface area contributed by atoms with Gasteiger partial charge in [-0.25, -0.2) is 4.79 Å². The predicted octanol–water partition coefficient (Wildman–Crippen LogP) is 1.02. The quantitative estimate of drug-likeness (QED) is 0.660. The van der Waals surface area contributed by atoms with Crippen molar-refractivity contribution >= 4 is 40.1 Å². The molecule has 144 valence electrons. The normalized spacial score (nSPS) is 20.5. The number of nitrogens with one attached hydrogen (secondary N) is 2. The number of para-hydroxylation sites is 1. The van der Waals surface area contributed by atoms with Gasteiger partial charge in [-0.3, -0.25) is 19.3 Å². The van der Waals surface area contributed by atoms with Gasteiger partial charge in [-0.1, -0.05) is 18.2 Å². The van der Waals surface area contributed by atoms with Gasteiger partial charge in [0.15, 0.2) is 5.54 Å². The second-order valence-electron chi connectivity index (χ2n) is 6.40. The third kappa shape index (κ3) is 2.78. The van der Waals surface area contributed by atoms with Crippen molar-refractivity contribution in [3.05, 3.63) is 46.8 Å². The third-order valence-electron chi connectivity index (χ3n) is 4.74. The molecule has 0 radical (unpaired) electrons. The topological polar surface area (TPSA) is 131 Å². The summed E-state index contributed by atoms with van der Waals surface area (Å²) in [5.41, 5.74) is 4.75. The average molecular weight is 400 g/mol. The van der Waals surface area contributed by atoms with Crippen LogP contribution in [-0.2, 0) is 15.1 Å². The average Bonchev–Trinajstić information content (AvgIpc) is 3.21. The number of fused-ring (bicyclic) bond motifs is 2. The highest BCUT2D eigenvalue weighted by atomic mass is 32.1. The second-order valence-corrected chi connectivity index (χ2v) is 7.31. The molecule has 2 aliphatic rings. The van der Waals surface area contributed by atoms with Gasteiger partial charge < -0.3 is 21.1 Å². The van der Waals surface area contributed by atoms with E-state index in [0.29, 0.717) is 11.3 Å². The van der Waals surface area contributed by atoms with Crippen molar-refractivity contribution < 1.29 is 23.9 Å². The van der Waals surface area contributed by atoms with E-state index in [0.717, 1.165) is 16.2 Å². The van der Waals surface area contributed by atoms with Crippen LogP contribution in [0.1, 0.15) is 22.3 Å². The van der Waals surface area contributed by atoms with E-state index >= 15 is 0 Å². The number of urea groups is 1. The predicted molar refractivity (Wildman–Crippen MR) is 99.9 cm³/mol. The fraction of sp³-hybridized carbons (Fsp3) is 0.222. The molecule has 5 amide bonds. The lowest BCUT2D eigenvalue weighted by Crippen LogP contribution is -2.48. The number of carbonyl (C=O) groups excluding carboxylic acids is 4. The molecule has 1 atom stereocenters. The molecule has 1 aromatic carbocycles. The number of thiophene rings is 1. The maximum atomic E-state index is 13.1. The summed E-state index contributed by atoms with van der Waals surface area (Å²) in [6.45, 7) is -0.216. The van der Waals surface area contributed by atoms with E-state index in [9.17, 15) is 19.2 Å². The van der Waals surface area contributed by atoms with Gasteiger partial charge in [0.1, 0.15) is 17.3 Å². The zero-order chi connectivity index (χ0) is 19.9. The number of anilines is 1. The lowest BCUT2D eigenvalue weighted by atomic mass is 9.84. The first kappa shape index (κ1) is 18.0. The van der Waals surface area contributed by atoms with Gasteiger partial charge in [-0.2, -0.15) is 0 Å². The first-order chi connectivity index (χ1) is 13.4. The van der Waals surface area contributed by atoms with Crippen LogP contribution in [0, 0.1) is 0 Å². The minimum Gasteiger partial charge on any atom is -0.493 e. The summed E-state index contributed by atoms with van der Waals surface area (Å²) in [6, 6.07) is 7.82. The number of nitrogens with zero attached hydrogens (tertiary/aromatic N) is 1. The van der Waals surface area contributed by atoms with E-state index in [4.69, 9.17) is 10.5 Å². The Labute approximate surface area is 163 Å². The minimum atomic E-state index is -1.24. The number of hydrogen-bond donors (Lipinski definition) is 3. The Bertz CT molecular complexity index is 1000. The van der Waals surface area contributed by atoms with Gasteiger partial charge in [0.05, 0.1) is 12.2 Å². The zero-order valence-corrected chi connectivity index (χ0v) is 15.4. The Balaban J connectivity index is 1.55. The van der Waals surface area contributed by atoms with Crippen molar-refractivity contribution in [3.63, 3.8) is 0 Å². The van der Waals surface area contributed by atoms with Gasteiger partial charge in [-0.05, 0) is 17.5 Å². The second kappa shape index (κ2) is 6.64. The largest absolute Gasteiger partial charge is 0.493 e. The van der Waals surface area contributed by atoms with Crippen molar-refractivity contribution in [2.75, 3.05) is 18.5 Å². The molecule has 0 saturated carbocycles. The molecule has 2 aromatic rings. The molecule has 1 aromatic heterocycles. The molecule has 4 N–H and O–H groups in total. The highest BCUT2D eigenvalue weighted by Gasteiger charge is 2.55. The van der Waals surface area contributed by atoms with Crippen LogP contribution in [0.5, 0.6) is 5.75 Å². The number of nitrogens with two attached hydrogens (primary N) is 1. The number of primary amides is 1. The zero-order valence-electron chi connectivity index (χ0n) is 14.6. The highest BCUT2D eigenvalue weighted by molar-refractivity contribution is 7.14. The molecule has 2 aliphatic heterocycles. The standard InChI is InChI=1S/C18H16N4O5S/c19-14(24)10-5-8-28-15(10)20-13(23)9-22-16(25)18(21-17(22)26)6-7-27-12-4-2-1-3-11(12)18/h1-5,8H,6-7,9H2,(H2,19,24)(H,20,23)(H,21,26). The Morgan fingerprint density at radius 1 is 1.29 bits per heavy atom. The summed E-state index contributed by atoms with van der Waals surface area (Å²) >= 11 is 1.12. The molecule has 1 saturated heterocycles. The molecule has 1 spiro atoms. The molecule has 0 aliphatic carbocycles. The molecule has 0 bridgehead atoms. The molecule has 4 rings (SSSR count). The van der Waals surface area contributed by atoms with Crippen LogP contribution in [0.4, 0.5) is 9.80 Å². The van der Waals surface area contributed by atoms with Gasteiger partial charge in [0, 0.05) is 12.0 Å². The summed E-state index contributed by atoms with van der Waals surface area (Å²) in [5, 5.41) is 7.14. The minimum absolute atomic E-state index is 0.172. The summed E-state index contributed by atoms with van der Waals surface area (Å²) in [7, 11) is 0. The maximum Gasteiger partial charge on any atom is 0.325 e. The molecular formula is C18H16N4O5S. The Hall–Kier alpha value is -3.40. The lowest BCUT2D eigenvalue weighted by molar-refractivity contribution is -0.135. The number of amides is 5. The van der Waals surface area contributed by atoms with Crippen molar-refractivity contribution in [2.45, 2.75) is 12.0 Å². The monoisotopic (exact) mass is 400 g/mol. The number of benzene rings is 1. The van der Waals surface area contributed by atoms with E-state index in [1.165, 1.54) is 6.07 Å². The van der Waals surface area contributed by atoms with Crippen LogP contribution in [-0.4, -0.2) is 41.8 Å². The number of rotatable bonds is 4. The fourth-order valence-electron chi connectivity index (χ4n) is 3.43. The van der Waals surface area contributed by atoms with Crippen LogP contribution in [0.25, 0.3) is 0 Å².